The largest absolute Gasteiger partial charge is 0.447 e. The lowest BCUT2D eigenvalue weighted by Crippen LogP contribution is -2.75. The number of rotatable bonds is 3. The van der Waals surface area contributed by atoms with Gasteiger partial charge in [0.1, 0.15) is 12.1 Å². The van der Waals surface area contributed by atoms with E-state index in [1.165, 1.54) is 12.1 Å². The molecule has 2 aliphatic rings. The highest BCUT2D eigenvalue weighted by molar-refractivity contribution is 7.86. The van der Waals surface area contributed by atoms with Crippen LogP contribution in [-0.4, -0.2) is 39.4 Å². The predicted octanol–water partition coefficient (Wildman–Crippen LogP) is 0.108. The average Bonchev–Trinajstić information content (AvgIpc) is 2.80. The monoisotopic (exact) mass is 298 g/mol. The molecular weight excluding hydrogens is 284 g/mol. The summed E-state index contributed by atoms with van der Waals surface area (Å²) in [7, 11) is -3.89. The topological polar surface area (TPSA) is 93.7 Å². The molecule has 2 heterocycles. The van der Waals surface area contributed by atoms with Gasteiger partial charge in [0.25, 0.3) is 10.1 Å². The lowest BCUT2D eigenvalue weighted by atomic mass is 9.92. The first-order valence-electron chi connectivity index (χ1n) is 6.10. The summed E-state index contributed by atoms with van der Waals surface area (Å²) in [6.45, 7) is 2.37. The Morgan fingerprint density at radius 2 is 2.05 bits per heavy atom. The number of carbonyl (C=O) groups excluding carboxylic acids is 1. The Morgan fingerprint density at radius 3 is 2.55 bits per heavy atom. The van der Waals surface area contributed by atoms with E-state index in [0.717, 1.165) is 5.56 Å². The van der Waals surface area contributed by atoms with Crippen LogP contribution in [0.15, 0.2) is 29.2 Å². The van der Waals surface area contributed by atoms with E-state index < -0.39 is 28.0 Å². The molecule has 0 aliphatic carbocycles. The van der Waals surface area contributed by atoms with Gasteiger partial charge < -0.3 is 10.1 Å². The molecule has 1 spiro atoms. The minimum absolute atomic E-state index is 0.0807. The molecule has 2 fully saturated rings. The van der Waals surface area contributed by atoms with Crippen LogP contribution in [-0.2, 0) is 19.0 Å². The van der Waals surface area contributed by atoms with Gasteiger partial charge in [-0.3, -0.25) is 5.32 Å². The molecule has 108 valence electrons. The van der Waals surface area contributed by atoms with Crippen molar-refractivity contribution in [2.24, 2.45) is 0 Å². The van der Waals surface area contributed by atoms with Crippen molar-refractivity contribution >= 4 is 16.2 Å². The molecule has 0 radical (unpaired) electrons. The first-order chi connectivity index (χ1) is 9.41. The second-order valence-electron chi connectivity index (χ2n) is 4.98. The van der Waals surface area contributed by atoms with Crippen molar-refractivity contribution in [2.45, 2.75) is 23.6 Å². The summed E-state index contributed by atoms with van der Waals surface area (Å²) in [5, 5.41) is 5.43. The number of carbonyl (C=O) groups is 1. The third-order valence-corrected chi connectivity index (χ3v) is 4.74. The molecule has 1 aromatic carbocycles. The standard InChI is InChI=1S/C12H14N2O5S/c1-8-2-4-9(5-3-8)20(16,17)19-10-12(6-13-10)7-18-11(15)14-12/h2-5,10,13H,6-7H2,1H3,(H,14,15). The number of nitrogens with one attached hydrogen (secondary N) is 2. The van der Waals surface area contributed by atoms with E-state index in [-0.39, 0.29) is 11.5 Å². The first kappa shape index (κ1) is 13.3. The van der Waals surface area contributed by atoms with Gasteiger partial charge >= 0.3 is 6.09 Å². The number of hydrogen-bond acceptors (Lipinski definition) is 6. The number of benzene rings is 1. The predicted molar refractivity (Wildman–Crippen MR) is 68.5 cm³/mol. The minimum atomic E-state index is -3.89. The summed E-state index contributed by atoms with van der Waals surface area (Å²) >= 11 is 0. The fraction of sp³-hybridized carbons (Fsp3) is 0.417. The Balaban J connectivity index is 1.77. The molecule has 2 N–H and O–H groups in total. The van der Waals surface area contributed by atoms with Gasteiger partial charge in [0.05, 0.1) is 4.90 Å². The van der Waals surface area contributed by atoms with Gasteiger partial charge in [-0.05, 0) is 19.1 Å². The molecule has 2 atom stereocenters. The molecule has 3 rings (SSSR count). The lowest BCUT2D eigenvalue weighted by Gasteiger charge is -2.44. The first-order valence-corrected chi connectivity index (χ1v) is 7.50. The molecule has 0 saturated carbocycles. The van der Waals surface area contributed by atoms with Crippen LogP contribution >= 0.6 is 0 Å². The quantitative estimate of drug-likeness (QED) is 0.769. The smallest absolute Gasteiger partial charge is 0.407 e. The molecule has 0 bridgehead atoms. The minimum Gasteiger partial charge on any atom is -0.447 e. The van der Waals surface area contributed by atoms with Gasteiger partial charge in [-0.1, -0.05) is 17.7 Å². The fourth-order valence-electron chi connectivity index (χ4n) is 2.15. The molecule has 2 aliphatic heterocycles. The van der Waals surface area contributed by atoms with Crippen LogP contribution in [0.5, 0.6) is 0 Å². The van der Waals surface area contributed by atoms with Crippen LogP contribution in [0, 0.1) is 6.92 Å². The third kappa shape index (κ3) is 2.15. The Hall–Kier alpha value is -1.64. The zero-order valence-corrected chi connectivity index (χ0v) is 11.6. The van der Waals surface area contributed by atoms with Crippen molar-refractivity contribution in [3.8, 4) is 0 Å². The molecule has 8 heteroatoms. The maximum absolute atomic E-state index is 12.2. The van der Waals surface area contributed by atoms with E-state index in [1.807, 2.05) is 6.92 Å². The van der Waals surface area contributed by atoms with Crippen molar-refractivity contribution in [3.05, 3.63) is 29.8 Å². The number of hydrogen-bond donors (Lipinski definition) is 2. The Labute approximate surface area is 116 Å². The van der Waals surface area contributed by atoms with Crippen molar-refractivity contribution in [2.75, 3.05) is 13.2 Å². The second kappa shape index (κ2) is 4.44. The van der Waals surface area contributed by atoms with Gasteiger partial charge in [-0.2, -0.15) is 8.42 Å². The maximum atomic E-state index is 12.2. The van der Waals surface area contributed by atoms with Crippen molar-refractivity contribution in [3.63, 3.8) is 0 Å². The molecule has 20 heavy (non-hydrogen) atoms. The van der Waals surface area contributed by atoms with Crippen molar-refractivity contribution in [1.29, 1.82) is 0 Å². The van der Waals surface area contributed by atoms with Gasteiger partial charge in [0, 0.05) is 6.54 Å². The highest BCUT2D eigenvalue weighted by Gasteiger charge is 2.55. The highest BCUT2D eigenvalue weighted by Crippen LogP contribution is 2.28. The Bertz CT molecular complexity index is 642. The molecule has 2 saturated heterocycles. The fourth-order valence-corrected chi connectivity index (χ4v) is 3.24. The number of cyclic esters (lactones) is 1. The van der Waals surface area contributed by atoms with E-state index in [1.54, 1.807) is 12.1 Å². The second-order valence-corrected chi connectivity index (χ2v) is 6.55. The summed E-state index contributed by atoms with van der Waals surface area (Å²) in [5.41, 5.74) is 0.160. The summed E-state index contributed by atoms with van der Waals surface area (Å²) in [6.07, 6.45) is -1.38. The third-order valence-electron chi connectivity index (χ3n) is 3.45. The summed E-state index contributed by atoms with van der Waals surface area (Å²) in [5.74, 6) is 0. The zero-order chi connectivity index (χ0) is 14.4. The molecule has 1 aromatic rings. The summed E-state index contributed by atoms with van der Waals surface area (Å²) < 4.78 is 34.3. The van der Waals surface area contributed by atoms with Gasteiger partial charge in [0.2, 0.25) is 0 Å². The van der Waals surface area contributed by atoms with E-state index in [2.05, 4.69) is 10.6 Å². The SMILES string of the molecule is Cc1ccc(S(=O)(=O)OC2NCC23COC(=O)N3)cc1. The average molecular weight is 298 g/mol. The van der Waals surface area contributed by atoms with Crippen LogP contribution in [0.4, 0.5) is 4.79 Å². The van der Waals surface area contributed by atoms with Crippen molar-refractivity contribution in [1.82, 2.24) is 10.6 Å². The van der Waals surface area contributed by atoms with E-state index in [0.29, 0.717) is 6.54 Å². The number of amides is 1. The zero-order valence-electron chi connectivity index (χ0n) is 10.8. The number of alkyl carbamates (subject to hydrolysis) is 1. The molecule has 7 nitrogen and oxygen atoms in total. The molecule has 0 aromatic heterocycles. The van der Waals surface area contributed by atoms with Gasteiger partial charge in [0.15, 0.2) is 6.23 Å². The summed E-state index contributed by atoms with van der Waals surface area (Å²) in [6, 6.07) is 6.36. The van der Waals surface area contributed by atoms with Crippen LogP contribution in [0.2, 0.25) is 0 Å². The maximum Gasteiger partial charge on any atom is 0.407 e. The Kier molecular flexibility index (Phi) is 2.96. The van der Waals surface area contributed by atoms with Crippen molar-refractivity contribution < 1.29 is 22.1 Å². The Morgan fingerprint density at radius 1 is 1.35 bits per heavy atom. The summed E-state index contributed by atoms with van der Waals surface area (Å²) in [4.78, 5) is 11.2. The van der Waals surface area contributed by atoms with Crippen LogP contribution in [0.25, 0.3) is 0 Å². The normalized spacial score (nSPS) is 28.9. The van der Waals surface area contributed by atoms with Crippen LogP contribution < -0.4 is 10.6 Å². The molecular formula is C12H14N2O5S. The number of aryl methyl sites for hydroxylation is 1. The highest BCUT2D eigenvalue weighted by atomic mass is 32.2. The van der Waals surface area contributed by atoms with E-state index in [9.17, 15) is 13.2 Å². The van der Waals surface area contributed by atoms with E-state index >= 15 is 0 Å². The van der Waals surface area contributed by atoms with Gasteiger partial charge in [-0.15, -0.1) is 0 Å². The molecule has 2 unspecified atom stereocenters. The van der Waals surface area contributed by atoms with Gasteiger partial charge in [-0.25, -0.2) is 8.98 Å². The van der Waals surface area contributed by atoms with Crippen LogP contribution in [0.3, 0.4) is 0 Å². The number of ether oxygens (including phenoxy) is 1. The van der Waals surface area contributed by atoms with Crippen LogP contribution in [0.1, 0.15) is 5.56 Å². The molecule has 1 amide bonds. The lowest BCUT2D eigenvalue weighted by molar-refractivity contribution is -0.00774. The van der Waals surface area contributed by atoms with E-state index in [4.69, 9.17) is 8.92 Å².